The van der Waals surface area contributed by atoms with Crippen LogP contribution in [0, 0.1) is 0 Å². The Morgan fingerprint density at radius 2 is 2.14 bits per heavy atom. The molecule has 2 heterocycles. The van der Waals surface area contributed by atoms with Gasteiger partial charge < -0.3 is 15.8 Å². The number of thiophene rings is 1. The number of hydrogen-bond donors (Lipinski definition) is 2. The Morgan fingerprint density at radius 3 is 2.76 bits per heavy atom. The normalized spacial score (nSPS) is 14.8. The first-order chi connectivity index (χ1) is 13.8. The van der Waals surface area contributed by atoms with Crippen molar-refractivity contribution in [1.29, 1.82) is 0 Å². The van der Waals surface area contributed by atoms with Crippen molar-refractivity contribution in [3.63, 3.8) is 0 Å². The van der Waals surface area contributed by atoms with Crippen LogP contribution in [0.2, 0.25) is 5.02 Å². The Kier molecular flexibility index (Phi) is 6.31. The van der Waals surface area contributed by atoms with Crippen LogP contribution in [0.1, 0.15) is 37.6 Å². The molecule has 0 bridgehead atoms. The average molecular weight is 434 g/mol. The molecule has 0 saturated heterocycles. The lowest BCUT2D eigenvalue weighted by Gasteiger charge is -2.40. The molecule has 0 atom stereocenters. The van der Waals surface area contributed by atoms with Crippen LogP contribution in [0.3, 0.4) is 0 Å². The third kappa shape index (κ3) is 4.17. The van der Waals surface area contributed by atoms with E-state index in [0.717, 1.165) is 10.4 Å². The van der Waals surface area contributed by atoms with Crippen molar-refractivity contribution in [2.75, 3.05) is 12.0 Å². The Morgan fingerprint density at radius 1 is 1.38 bits per heavy atom. The molecule has 1 aliphatic heterocycles. The monoisotopic (exact) mass is 433 g/mol. The summed E-state index contributed by atoms with van der Waals surface area (Å²) in [6.45, 7) is 5.59. The molecule has 1 aliphatic rings. The molecule has 8 heteroatoms. The first-order valence-electron chi connectivity index (χ1n) is 9.31. The largest absolute Gasteiger partial charge is 0.476 e. The molecule has 1 aromatic heterocycles. The number of rotatable bonds is 6. The summed E-state index contributed by atoms with van der Waals surface area (Å²) in [4.78, 5) is 28.8. The van der Waals surface area contributed by atoms with Crippen LogP contribution < -0.4 is 11.1 Å². The fourth-order valence-electron chi connectivity index (χ4n) is 3.13. The van der Waals surface area contributed by atoms with Crippen molar-refractivity contribution < 1.29 is 14.3 Å². The fourth-order valence-corrected chi connectivity index (χ4v) is 4.08. The Balaban J connectivity index is 1.89. The van der Waals surface area contributed by atoms with Crippen LogP contribution in [0.4, 0.5) is 5.69 Å². The van der Waals surface area contributed by atoms with Gasteiger partial charge in [-0.1, -0.05) is 30.7 Å². The quantitative estimate of drug-likeness (QED) is 0.714. The highest BCUT2D eigenvalue weighted by molar-refractivity contribution is 7.11. The van der Waals surface area contributed by atoms with E-state index < -0.39 is 5.54 Å². The van der Waals surface area contributed by atoms with E-state index in [1.54, 1.807) is 32.0 Å². The van der Waals surface area contributed by atoms with Gasteiger partial charge in [0.15, 0.2) is 6.73 Å². The molecule has 2 aromatic rings. The maximum absolute atomic E-state index is 13.3. The summed E-state index contributed by atoms with van der Waals surface area (Å²) >= 11 is 7.54. The Bertz CT molecular complexity index is 954. The van der Waals surface area contributed by atoms with Gasteiger partial charge in [0.25, 0.3) is 5.91 Å². The van der Waals surface area contributed by atoms with Gasteiger partial charge in [0, 0.05) is 28.6 Å². The topological polar surface area (TPSA) is 84.7 Å². The number of halogens is 1. The SMILES string of the molecule is CCC1=C(c2cccs2)C(=O)N(C(C)(C)C(=O)Nc2cc(Cl)ccc2CN)CO1. The van der Waals surface area contributed by atoms with E-state index in [1.165, 1.54) is 16.2 Å². The molecule has 3 N–H and O–H groups in total. The van der Waals surface area contributed by atoms with Gasteiger partial charge in [-0.15, -0.1) is 11.3 Å². The number of carbonyl (C=O) groups is 2. The van der Waals surface area contributed by atoms with Crippen LogP contribution in [0.15, 0.2) is 41.5 Å². The molecular weight excluding hydrogens is 410 g/mol. The number of nitrogens with one attached hydrogen (secondary N) is 1. The Labute approximate surface area is 179 Å². The van der Waals surface area contributed by atoms with Crippen molar-refractivity contribution in [2.45, 2.75) is 39.3 Å². The highest BCUT2D eigenvalue weighted by atomic mass is 35.5. The van der Waals surface area contributed by atoms with Gasteiger partial charge >= 0.3 is 0 Å². The van der Waals surface area contributed by atoms with E-state index in [0.29, 0.717) is 28.5 Å². The third-order valence-corrected chi connectivity index (χ3v) is 6.09. The van der Waals surface area contributed by atoms with E-state index >= 15 is 0 Å². The summed E-state index contributed by atoms with van der Waals surface area (Å²) in [6, 6.07) is 8.91. The molecule has 2 amide bonds. The van der Waals surface area contributed by atoms with Gasteiger partial charge in [-0.05, 0) is 43.0 Å². The molecule has 0 unspecified atom stereocenters. The van der Waals surface area contributed by atoms with E-state index in [1.807, 2.05) is 24.4 Å². The lowest BCUT2D eigenvalue weighted by Crippen LogP contribution is -2.57. The lowest BCUT2D eigenvalue weighted by molar-refractivity contribution is -0.147. The molecule has 0 saturated carbocycles. The molecule has 154 valence electrons. The minimum absolute atomic E-state index is 0.0105. The zero-order valence-corrected chi connectivity index (χ0v) is 18.2. The molecular formula is C21H24ClN3O3S. The zero-order chi connectivity index (χ0) is 21.2. The standard InChI is InChI=1S/C21H24ClN3O3S/c1-4-16-18(17-6-5-9-29-17)19(26)25(12-28-16)21(2,3)20(27)24-15-10-14(22)8-7-13(15)11-23/h5-10H,4,11-12,23H2,1-3H3,(H,24,27). The number of allylic oxidation sites excluding steroid dienone is 1. The predicted octanol–water partition coefficient (Wildman–Crippen LogP) is 4.21. The summed E-state index contributed by atoms with van der Waals surface area (Å²) in [5.41, 5.74) is 6.41. The second-order valence-electron chi connectivity index (χ2n) is 7.15. The number of amides is 2. The van der Waals surface area contributed by atoms with Gasteiger partial charge in [0.2, 0.25) is 5.91 Å². The molecule has 6 nitrogen and oxygen atoms in total. The van der Waals surface area contributed by atoms with Gasteiger partial charge in [-0.3, -0.25) is 14.5 Å². The number of ether oxygens (including phenoxy) is 1. The molecule has 0 aliphatic carbocycles. The van der Waals surface area contributed by atoms with Gasteiger partial charge in [-0.25, -0.2) is 0 Å². The van der Waals surface area contributed by atoms with Crippen molar-refractivity contribution in [2.24, 2.45) is 5.73 Å². The van der Waals surface area contributed by atoms with E-state index in [4.69, 9.17) is 22.1 Å². The van der Waals surface area contributed by atoms with Crippen molar-refractivity contribution in [3.05, 3.63) is 56.9 Å². The maximum atomic E-state index is 13.3. The predicted molar refractivity (Wildman–Crippen MR) is 116 cm³/mol. The van der Waals surface area contributed by atoms with Crippen LogP contribution in [-0.2, 0) is 20.9 Å². The van der Waals surface area contributed by atoms with E-state index in [9.17, 15) is 9.59 Å². The number of nitrogens with zero attached hydrogens (tertiary/aromatic N) is 1. The van der Waals surface area contributed by atoms with Crippen molar-refractivity contribution in [3.8, 4) is 0 Å². The lowest BCUT2D eigenvalue weighted by atomic mass is 9.98. The van der Waals surface area contributed by atoms with Crippen molar-refractivity contribution >= 4 is 46.0 Å². The molecule has 29 heavy (non-hydrogen) atoms. The first-order valence-corrected chi connectivity index (χ1v) is 10.6. The fraction of sp³-hybridized carbons (Fsp3) is 0.333. The Hall–Kier alpha value is -2.35. The number of nitrogens with two attached hydrogens (primary N) is 1. The number of anilines is 1. The highest BCUT2D eigenvalue weighted by Crippen LogP contribution is 2.34. The van der Waals surface area contributed by atoms with Gasteiger partial charge in [0.05, 0.1) is 5.57 Å². The molecule has 0 spiro atoms. The summed E-state index contributed by atoms with van der Waals surface area (Å²) in [6.07, 6.45) is 0.599. The summed E-state index contributed by atoms with van der Waals surface area (Å²) < 4.78 is 5.87. The second-order valence-corrected chi connectivity index (χ2v) is 8.54. The summed E-state index contributed by atoms with van der Waals surface area (Å²) in [7, 11) is 0. The maximum Gasteiger partial charge on any atom is 0.262 e. The zero-order valence-electron chi connectivity index (χ0n) is 16.6. The van der Waals surface area contributed by atoms with Crippen LogP contribution >= 0.6 is 22.9 Å². The van der Waals surface area contributed by atoms with Crippen LogP contribution in [0.5, 0.6) is 0 Å². The minimum atomic E-state index is -1.16. The molecule has 0 radical (unpaired) electrons. The molecule has 0 fully saturated rings. The second kappa shape index (κ2) is 8.57. The van der Waals surface area contributed by atoms with Gasteiger partial charge in [0.1, 0.15) is 11.3 Å². The summed E-state index contributed by atoms with van der Waals surface area (Å²) in [5.74, 6) is 0.0721. The van der Waals surface area contributed by atoms with Crippen LogP contribution in [-0.4, -0.2) is 29.0 Å². The highest BCUT2D eigenvalue weighted by Gasteiger charge is 2.43. The number of benzene rings is 1. The molecule has 3 rings (SSSR count). The third-order valence-electron chi connectivity index (χ3n) is 4.96. The average Bonchev–Trinajstić information content (AvgIpc) is 3.21. The smallest absolute Gasteiger partial charge is 0.262 e. The summed E-state index contributed by atoms with van der Waals surface area (Å²) in [5, 5.41) is 5.27. The van der Waals surface area contributed by atoms with Gasteiger partial charge in [-0.2, -0.15) is 0 Å². The van der Waals surface area contributed by atoms with Crippen molar-refractivity contribution in [1.82, 2.24) is 4.90 Å². The number of carbonyl (C=O) groups excluding carboxylic acids is 2. The number of hydrogen-bond acceptors (Lipinski definition) is 5. The van der Waals surface area contributed by atoms with E-state index in [2.05, 4.69) is 5.32 Å². The minimum Gasteiger partial charge on any atom is -0.476 e. The first kappa shape index (κ1) is 21.4. The van der Waals surface area contributed by atoms with Crippen LogP contribution in [0.25, 0.3) is 5.57 Å². The molecule has 1 aromatic carbocycles. The van der Waals surface area contributed by atoms with E-state index in [-0.39, 0.29) is 25.1 Å².